The van der Waals surface area contributed by atoms with E-state index in [-0.39, 0.29) is 5.91 Å². The lowest BCUT2D eigenvalue weighted by Crippen LogP contribution is -2.11. The zero-order chi connectivity index (χ0) is 22.8. The van der Waals surface area contributed by atoms with Crippen LogP contribution in [0.5, 0.6) is 11.5 Å². The number of aryl methyl sites for hydroxylation is 2. The third-order valence-electron chi connectivity index (χ3n) is 5.38. The smallest absolute Gasteiger partial charge is 0.255 e. The van der Waals surface area contributed by atoms with E-state index in [1.807, 2.05) is 85.4 Å². The second-order valence-corrected chi connectivity index (χ2v) is 7.86. The molecule has 0 saturated heterocycles. The molecule has 3 heterocycles. The molecule has 6 nitrogen and oxygen atoms in total. The first-order valence-corrected chi connectivity index (χ1v) is 10.6. The monoisotopic (exact) mass is 434 g/mol. The number of pyridine rings is 2. The molecule has 0 spiro atoms. The van der Waals surface area contributed by atoms with E-state index in [2.05, 4.69) is 10.3 Å². The van der Waals surface area contributed by atoms with Crippen LogP contribution in [0.3, 0.4) is 0 Å². The summed E-state index contributed by atoms with van der Waals surface area (Å²) in [5, 5.41) is 3.83. The second-order valence-electron chi connectivity index (χ2n) is 7.86. The average molecular weight is 434 g/mol. The minimum atomic E-state index is -0.192. The number of hydrogen-bond donors (Lipinski definition) is 1. The molecule has 0 unspecified atom stereocenters. The Hall–Kier alpha value is -4.45. The molecule has 0 bridgehead atoms. The molecule has 2 aromatic carbocycles. The Morgan fingerprint density at radius 1 is 0.970 bits per heavy atom. The molecule has 5 aromatic rings. The third kappa shape index (κ3) is 4.32. The number of rotatable bonds is 5. The first-order valence-electron chi connectivity index (χ1n) is 10.6. The van der Waals surface area contributed by atoms with Crippen LogP contribution in [-0.4, -0.2) is 20.4 Å². The van der Waals surface area contributed by atoms with Gasteiger partial charge in [-0.2, -0.15) is 0 Å². The normalized spacial score (nSPS) is 10.8. The number of anilines is 1. The highest BCUT2D eigenvalue weighted by molar-refractivity contribution is 6.04. The molecule has 162 valence electrons. The molecule has 0 aliphatic carbocycles. The molecule has 0 saturated carbocycles. The van der Waals surface area contributed by atoms with Crippen molar-refractivity contribution in [2.45, 2.75) is 6.92 Å². The Bertz CT molecular complexity index is 1460. The Labute approximate surface area is 191 Å². The van der Waals surface area contributed by atoms with Crippen molar-refractivity contribution < 1.29 is 9.53 Å². The van der Waals surface area contributed by atoms with Crippen molar-refractivity contribution in [3.63, 3.8) is 0 Å². The van der Waals surface area contributed by atoms with E-state index in [9.17, 15) is 4.79 Å². The van der Waals surface area contributed by atoms with Crippen LogP contribution in [0.1, 0.15) is 15.9 Å². The number of benzene rings is 2. The molecule has 0 aliphatic rings. The van der Waals surface area contributed by atoms with Gasteiger partial charge in [0.1, 0.15) is 17.1 Å². The topological polar surface area (TPSA) is 69.0 Å². The predicted octanol–water partition coefficient (Wildman–Crippen LogP) is 5.99. The van der Waals surface area contributed by atoms with Crippen LogP contribution in [0.15, 0.2) is 91.4 Å². The van der Waals surface area contributed by atoms with Crippen LogP contribution in [0.25, 0.3) is 22.3 Å². The van der Waals surface area contributed by atoms with Crippen LogP contribution in [0, 0.1) is 6.92 Å². The van der Waals surface area contributed by atoms with E-state index < -0.39 is 0 Å². The third-order valence-corrected chi connectivity index (χ3v) is 5.38. The van der Waals surface area contributed by atoms with Gasteiger partial charge in [0.2, 0.25) is 0 Å². The Morgan fingerprint density at radius 2 is 1.79 bits per heavy atom. The maximum absolute atomic E-state index is 12.8. The van der Waals surface area contributed by atoms with E-state index in [0.29, 0.717) is 17.1 Å². The van der Waals surface area contributed by atoms with Crippen molar-refractivity contribution >= 4 is 22.6 Å². The van der Waals surface area contributed by atoms with Crippen molar-refractivity contribution in [1.29, 1.82) is 0 Å². The molecule has 0 radical (unpaired) electrons. The summed E-state index contributed by atoms with van der Waals surface area (Å²) in [5.41, 5.74) is 4.90. The molecule has 1 amide bonds. The summed E-state index contributed by atoms with van der Waals surface area (Å²) in [7, 11) is 1.95. The fourth-order valence-corrected chi connectivity index (χ4v) is 3.71. The van der Waals surface area contributed by atoms with Crippen molar-refractivity contribution in [1.82, 2.24) is 14.5 Å². The van der Waals surface area contributed by atoms with Gasteiger partial charge >= 0.3 is 0 Å². The quantitative estimate of drug-likeness (QED) is 0.369. The summed E-state index contributed by atoms with van der Waals surface area (Å²) >= 11 is 0. The summed E-state index contributed by atoms with van der Waals surface area (Å²) in [5.74, 6) is 1.05. The van der Waals surface area contributed by atoms with Gasteiger partial charge in [-0.3, -0.25) is 9.78 Å². The molecule has 1 N–H and O–H groups in total. The highest BCUT2D eigenvalue weighted by Crippen LogP contribution is 2.33. The summed E-state index contributed by atoms with van der Waals surface area (Å²) in [6.45, 7) is 1.99. The number of fused-ring (bicyclic) bond motifs is 1. The number of hydrogen-bond acceptors (Lipinski definition) is 4. The van der Waals surface area contributed by atoms with Gasteiger partial charge < -0.3 is 14.6 Å². The van der Waals surface area contributed by atoms with Crippen molar-refractivity contribution in [3.8, 4) is 22.8 Å². The lowest BCUT2D eigenvalue weighted by atomic mass is 10.1. The van der Waals surface area contributed by atoms with Gasteiger partial charge in [0.15, 0.2) is 0 Å². The lowest BCUT2D eigenvalue weighted by Gasteiger charge is -2.11. The van der Waals surface area contributed by atoms with Gasteiger partial charge in [-0.15, -0.1) is 0 Å². The zero-order valence-electron chi connectivity index (χ0n) is 18.3. The van der Waals surface area contributed by atoms with Crippen LogP contribution >= 0.6 is 0 Å². The number of nitrogens with zero attached hydrogens (tertiary/aromatic N) is 3. The summed E-state index contributed by atoms with van der Waals surface area (Å²) in [4.78, 5) is 21.7. The fraction of sp³-hybridized carbons (Fsp3) is 0.0741. The van der Waals surface area contributed by atoms with E-state index in [4.69, 9.17) is 9.72 Å². The van der Waals surface area contributed by atoms with Gasteiger partial charge in [-0.1, -0.05) is 18.2 Å². The molecule has 33 heavy (non-hydrogen) atoms. The number of aromatic nitrogens is 3. The van der Waals surface area contributed by atoms with Crippen molar-refractivity contribution in [2.75, 3.05) is 5.32 Å². The first kappa shape index (κ1) is 20.5. The first-order chi connectivity index (χ1) is 16.1. The van der Waals surface area contributed by atoms with Gasteiger partial charge in [0.05, 0.1) is 11.1 Å². The maximum atomic E-state index is 12.8. The Morgan fingerprint density at radius 3 is 2.61 bits per heavy atom. The maximum Gasteiger partial charge on any atom is 0.255 e. The molecular weight excluding hydrogens is 412 g/mol. The number of carbonyl (C=O) groups excluding carboxylic acids is 1. The van der Waals surface area contributed by atoms with Gasteiger partial charge in [-0.25, -0.2) is 4.98 Å². The molecule has 6 heteroatoms. The summed E-state index contributed by atoms with van der Waals surface area (Å²) in [6.07, 6.45) is 5.43. The zero-order valence-corrected chi connectivity index (χ0v) is 18.3. The Kier molecular flexibility index (Phi) is 5.32. The van der Waals surface area contributed by atoms with Gasteiger partial charge in [-0.05, 0) is 61.0 Å². The molecule has 0 aliphatic heterocycles. The minimum Gasteiger partial charge on any atom is -0.456 e. The second kappa shape index (κ2) is 8.59. The van der Waals surface area contributed by atoms with Crippen LogP contribution in [0.4, 0.5) is 5.69 Å². The van der Waals surface area contributed by atoms with Gasteiger partial charge in [0.25, 0.3) is 5.91 Å². The average Bonchev–Trinajstić information content (AvgIpc) is 3.21. The number of nitrogens with one attached hydrogen (secondary N) is 1. The highest BCUT2D eigenvalue weighted by Gasteiger charge is 2.14. The fourth-order valence-electron chi connectivity index (χ4n) is 3.71. The van der Waals surface area contributed by atoms with Crippen molar-refractivity contribution in [2.24, 2.45) is 7.05 Å². The molecule has 0 fully saturated rings. The largest absolute Gasteiger partial charge is 0.456 e. The molecule has 5 rings (SSSR count). The SMILES string of the molecule is Cc1cccc(NC(=O)c2cccc(Oc3cc(-c4ccncc4)nc4c3ccn4C)c2)c1. The van der Waals surface area contributed by atoms with Crippen LogP contribution in [0.2, 0.25) is 0 Å². The van der Waals surface area contributed by atoms with E-state index >= 15 is 0 Å². The lowest BCUT2D eigenvalue weighted by molar-refractivity contribution is 0.102. The molecule has 3 aromatic heterocycles. The minimum absolute atomic E-state index is 0.192. The highest BCUT2D eigenvalue weighted by atomic mass is 16.5. The van der Waals surface area contributed by atoms with Crippen molar-refractivity contribution in [3.05, 3.63) is 103 Å². The van der Waals surface area contributed by atoms with Crippen LogP contribution in [-0.2, 0) is 7.05 Å². The summed E-state index contributed by atoms with van der Waals surface area (Å²) in [6, 6.07) is 22.6. The number of carbonyl (C=O) groups is 1. The molecular formula is C27H22N4O2. The van der Waals surface area contributed by atoms with E-state index in [1.54, 1.807) is 24.5 Å². The summed E-state index contributed by atoms with van der Waals surface area (Å²) < 4.78 is 8.24. The number of ether oxygens (including phenoxy) is 1. The number of amides is 1. The Balaban J connectivity index is 1.47. The van der Waals surface area contributed by atoms with Gasteiger partial charge in [0, 0.05) is 48.5 Å². The van der Waals surface area contributed by atoms with E-state index in [1.165, 1.54) is 0 Å². The standard InChI is InChI=1S/C27H22N4O2/c1-18-5-3-7-21(15-18)29-27(32)20-6-4-8-22(16-20)33-25-17-24(19-9-12-28-13-10-19)30-26-23(25)11-14-31(26)2/h3-17H,1-2H3,(H,29,32). The van der Waals surface area contributed by atoms with Crippen LogP contribution < -0.4 is 10.1 Å². The molecule has 0 atom stereocenters. The van der Waals surface area contributed by atoms with E-state index in [0.717, 1.165) is 33.5 Å². The predicted molar refractivity (Wildman–Crippen MR) is 130 cm³/mol.